The lowest BCUT2D eigenvalue weighted by Gasteiger charge is -2.31. The predicted octanol–water partition coefficient (Wildman–Crippen LogP) is 1.78. The molecule has 0 spiro atoms. The van der Waals surface area contributed by atoms with Gasteiger partial charge < -0.3 is 20.1 Å². The summed E-state index contributed by atoms with van der Waals surface area (Å²) in [5.74, 6) is 1.83. The lowest BCUT2D eigenvalue weighted by atomic mass is 10.0. The molecule has 7 heteroatoms. The van der Waals surface area contributed by atoms with Crippen molar-refractivity contribution >= 4 is 17.5 Å². The number of likely N-dealkylation sites (tertiary alicyclic amines) is 1. The minimum Gasteiger partial charge on any atom is -0.490 e. The highest BCUT2D eigenvalue weighted by Crippen LogP contribution is 2.32. The highest BCUT2D eigenvalue weighted by atomic mass is 16.5. The average Bonchev–Trinajstić information content (AvgIpc) is 3.50. The summed E-state index contributed by atoms with van der Waals surface area (Å²) >= 11 is 0. The number of rotatable bonds is 5. The van der Waals surface area contributed by atoms with Gasteiger partial charge in [-0.05, 0) is 37.8 Å². The molecule has 27 heavy (non-hydrogen) atoms. The van der Waals surface area contributed by atoms with Crippen LogP contribution in [0.15, 0.2) is 18.2 Å². The Bertz CT molecular complexity index is 696. The number of fused-ring (bicyclic) bond motifs is 1. The van der Waals surface area contributed by atoms with Crippen molar-refractivity contribution in [3.05, 3.63) is 18.2 Å². The topological polar surface area (TPSA) is 79.9 Å². The number of carbonyl (C=O) groups is 2. The Kier molecular flexibility index (Phi) is 5.48. The van der Waals surface area contributed by atoms with Gasteiger partial charge in [-0.2, -0.15) is 0 Å². The molecule has 1 aromatic carbocycles. The summed E-state index contributed by atoms with van der Waals surface area (Å²) in [6, 6.07) is 5.74. The molecule has 2 heterocycles. The monoisotopic (exact) mass is 373 g/mol. The molecule has 1 aliphatic carbocycles. The standard InChI is InChI=1S/C20H27N3O4/c24-19(21-16-4-5-17-18(12-16)27-11-1-10-26-17)13-23-8-6-15(7-9-23)22-20(25)14-2-3-14/h4-5,12,14-15H,1-3,6-11,13H2,(H,21,24)(H,22,25). The van der Waals surface area contributed by atoms with Crippen LogP contribution in [0.2, 0.25) is 0 Å². The number of nitrogens with one attached hydrogen (secondary N) is 2. The van der Waals surface area contributed by atoms with Crippen molar-refractivity contribution < 1.29 is 19.1 Å². The van der Waals surface area contributed by atoms with Crippen LogP contribution in [0.1, 0.15) is 32.1 Å². The molecule has 0 unspecified atom stereocenters. The molecule has 4 rings (SSSR count). The second kappa shape index (κ2) is 8.17. The van der Waals surface area contributed by atoms with Gasteiger partial charge in [-0.3, -0.25) is 14.5 Å². The predicted molar refractivity (Wildman–Crippen MR) is 101 cm³/mol. The van der Waals surface area contributed by atoms with E-state index in [4.69, 9.17) is 9.47 Å². The van der Waals surface area contributed by atoms with Crippen LogP contribution < -0.4 is 20.1 Å². The summed E-state index contributed by atoms with van der Waals surface area (Å²) in [4.78, 5) is 26.4. The Labute approximate surface area is 159 Å². The second-order valence-corrected chi connectivity index (χ2v) is 7.59. The fraction of sp³-hybridized carbons (Fsp3) is 0.600. The molecule has 0 atom stereocenters. The van der Waals surface area contributed by atoms with Crippen LogP contribution in [-0.4, -0.2) is 55.6 Å². The molecule has 1 saturated heterocycles. The highest BCUT2D eigenvalue weighted by Gasteiger charge is 2.31. The van der Waals surface area contributed by atoms with Crippen LogP contribution in [0.4, 0.5) is 5.69 Å². The van der Waals surface area contributed by atoms with Gasteiger partial charge in [-0.1, -0.05) is 0 Å². The van der Waals surface area contributed by atoms with E-state index in [0.29, 0.717) is 25.5 Å². The van der Waals surface area contributed by atoms with Gasteiger partial charge in [0.15, 0.2) is 11.5 Å². The van der Waals surface area contributed by atoms with E-state index >= 15 is 0 Å². The molecule has 3 aliphatic rings. The smallest absolute Gasteiger partial charge is 0.238 e. The third kappa shape index (κ3) is 4.91. The summed E-state index contributed by atoms with van der Waals surface area (Å²) in [5, 5.41) is 6.08. The van der Waals surface area contributed by atoms with Gasteiger partial charge >= 0.3 is 0 Å². The number of nitrogens with zero attached hydrogens (tertiary/aromatic N) is 1. The first-order valence-corrected chi connectivity index (χ1v) is 9.89. The number of amides is 2. The van der Waals surface area contributed by atoms with E-state index in [1.165, 1.54) is 0 Å². The Hall–Kier alpha value is -2.28. The molecule has 0 radical (unpaired) electrons. The molecule has 2 N–H and O–H groups in total. The van der Waals surface area contributed by atoms with Gasteiger partial charge in [-0.15, -0.1) is 0 Å². The van der Waals surface area contributed by atoms with Crippen molar-refractivity contribution in [1.82, 2.24) is 10.2 Å². The highest BCUT2D eigenvalue weighted by molar-refractivity contribution is 5.92. The molecule has 146 valence electrons. The van der Waals surface area contributed by atoms with Gasteiger partial charge in [0.05, 0.1) is 19.8 Å². The first-order valence-electron chi connectivity index (χ1n) is 9.89. The van der Waals surface area contributed by atoms with Crippen LogP contribution in [0.5, 0.6) is 11.5 Å². The number of ether oxygens (including phenoxy) is 2. The SMILES string of the molecule is O=C(CN1CCC(NC(=O)C2CC2)CC1)Nc1ccc2c(c1)OCCCO2. The molecule has 2 fully saturated rings. The first kappa shape index (κ1) is 18.1. The quantitative estimate of drug-likeness (QED) is 0.822. The third-order valence-corrected chi connectivity index (χ3v) is 5.28. The van der Waals surface area contributed by atoms with E-state index in [9.17, 15) is 9.59 Å². The zero-order chi connectivity index (χ0) is 18.6. The Morgan fingerprint density at radius 1 is 1.04 bits per heavy atom. The molecule has 1 aromatic rings. The van der Waals surface area contributed by atoms with Crippen molar-refractivity contribution in [2.75, 3.05) is 38.2 Å². The second-order valence-electron chi connectivity index (χ2n) is 7.59. The largest absolute Gasteiger partial charge is 0.490 e. The molecule has 2 aliphatic heterocycles. The van der Waals surface area contributed by atoms with Crippen LogP contribution in [-0.2, 0) is 9.59 Å². The maximum atomic E-state index is 12.4. The van der Waals surface area contributed by atoms with Crippen molar-refractivity contribution in [2.24, 2.45) is 5.92 Å². The van der Waals surface area contributed by atoms with Crippen LogP contribution in [0.3, 0.4) is 0 Å². The summed E-state index contributed by atoms with van der Waals surface area (Å²) in [5.41, 5.74) is 0.718. The number of carbonyl (C=O) groups excluding carboxylic acids is 2. The first-order chi connectivity index (χ1) is 13.2. The maximum Gasteiger partial charge on any atom is 0.238 e. The van der Waals surface area contributed by atoms with Crippen molar-refractivity contribution in [2.45, 2.75) is 38.1 Å². The fourth-order valence-corrected chi connectivity index (χ4v) is 3.54. The minimum atomic E-state index is -0.0371. The molecule has 0 aromatic heterocycles. The molecular weight excluding hydrogens is 346 g/mol. The number of anilines is 1. The fourth-order valence-electron chi connectivity index (χ4n) is 3.54. The average molecular weight is 373 g/mol. The number of hydrogen-bond donors (Lipinski definition) is 2. The molecule has 1 saturated carbocycles. The normalized spacial score (nSPS) is 20.6. The summed E-state index contributed by atoms with van der Waals surface area (Å²) in [7, 11) is 0. The maximum absolute atomic E-state index is 12.4. The van der Waals surface area contributed by atoms with E-state index in [-0.39, 0.29) is 23.8 Å². The van der Waals surface area contributed by atoms with Gasteiger partial charge in [0.1, 0.15) is 0 Å². The van der Waals surface area contributed by atoms with Crippen LogP contribution >= 0.6 is 0 Å². The van der Waals surface area contributed by atoms with E-state index in [1.807, 2.05) is 18.2 Å². The zero-order valence-corrected chi connectivity index (χ0v) is 15.5. The van der Waals surface area contributed by atoms with Crippen molar-refractivity contribution in [3.8, 4) is 11.5 Å². The number of benzene rings is 1. The third-order valence-electron chi connectivity index (χ3n) is 5.28. The van der Waals surface area contributed by atoms with Crippen molar-refractivity contribution in [3.63, 3.8) is 0 Å². The summed E-state index contributed by atoms with van der Waals surface area (Å²) in [6.45, 7) is 3.28. The molecule has 2 amide bonds. The summed E-state index contributed by atoms with van der Waals surface area (Å²) < 4.78 is 11.3. The Balaban J connectivity index is 1.23. The van der Waals surface area contributed by atoms with E-state index in [1.54, 1.807) is 0 Å². The van der Waals surface area contributed by atoms with Crippen molar-refractivity contribution in [1.29, 1.82) is 0 Å². The zero-order valence-electron chi connectivity index (χ0n) is 15.5. The summed E-state index contributed by atoms with van der Waals surface area (Å²) in [6.07, 6.45) is 4.72. The lowest BCUT2D eigenvalue weighted by molar-refractivity contribution is -0.123. The minimum absolute atomic E-state index is 0.0371. The van der Waals surface area contributed by atoms with E-state index < -0.39 is 0 Å². The Morgan fingerprint density at radius 2 is 1.78 bits per heavy atom. The van der Waals surface area contributed by atoms with E-state index in [2.05, 4.69) is 15.5 Å². The molecule has 0 bridgehead atoms. The van der Waals surface area contributed by atoms with Crippen LogP contribution in [0, 0.1) is 5.92 Å². The molecule has 7 nitrogen and oxygen atoms in total. The van der Waals surface area contributed by atoms with E-state index in [0.717, 1.165) is 56.6 Å². The Morgan fingerprint density at radius 3 is 2.52 bits per heavy atom. The van der Waals surface area contributed by atoms with Gasteiger partial charge in [-0.25, -0.2) is 0 Å². The lowest BCUT2D eigenvalue weighted by Crippen LogP contribution is -2.46. The molecular formula is C20H27N3O4. The number of piperidine rings is 1. The number of hydrogen-bond acceptors (Lipinski definition) is 5. The van der Waals surface area contributed by atoms with Gasteiger partial charge in [0, 0.05) is 43.2 Å². The van der Waals surface area contributed by atoms with Gasteiger partial charge in [0.25, 0.3) is 0 Å². The van der Waals surface area contributed by atoms with Gasteiger partial charge in [0.2, 0.25) is 11.8 Å². The van der Waals surface area contributed by atoms with Crippen LogP contribution in [0.25, 0.3) is 0 Å².